The zero-order valence-electron chi connectivity index (χ0n) is 14.2. The Morgan fingerprint density at radius 1 is 1.27 bits per heavy atom. The Morgan fingerprint density at radius 3 is 2.65 bits per heavy atom. The summed E-state index contributed by atoms with van der Waals surface area (Å²) in [5.41, 5.74) is 2.10. The topological polar surface area (TPSA) is 75.2 Å². The quantitative estimate of drug-likeness (QED) is 0.608. The summed E-state index contributed by atoms with van der Waals surface area (Å²) in [6.07, 6.45) is 1.96. The van der Waals surface area contributed by atoms with Gasteiger partial charge in [0, 0.05) is 13.0 Å². The van der Waals surface area contributed by atoms with Gasteiger partial charge in [-0.1, -0.05) is 65.1 Å². The van der Waals surface area contributed by atoms with Gasteiger partial charge in [-0.15, -0.1) is 10.2 Å². The Kier molecular flexibility index (Phi) is 5.80. The number of benzene rings is 1. The number of nitrogens with zero attached hydrogens (tertiary/aromatic N) is 3. The van der Waals surface area contributed by atoms with Gasteiger partial charge in [0.2, 0.25) is 11.0 Å². The lowest BCUT2D eigenvalue weighted by Crippen LogP contribution is -2.31. The second kappa shape index (κ2) is 8.07. The van der Waals surface area contributed by atoms with Crippen LogP contribution in [-0.4, -0.2) is 37.8 Å². The molecule has 1 aromatic carbocycles. The molecule has 0 atom stereocenters. The molecule has 0 spiro atoms. The molecule has 0 unspecified atom stereocenters. The van der Waals surface area contributed by atoms with Gasteiger partial charge in [0.25, 0.3) is 5.91 Å². The summed E-state index contributed by atoms with van der Waals surface area (Å²) in [5, 5.41) is 11.6. The maximum atomic E-state index is 12.6. The van der Waals surface area contributed by atoms with Crippen LogP contribution in [0.3, 0.4) is 0 Å². The predicted octanol–water partition coefficient (Wildman–Crippen LogP) is 3.38. The Hall–Kier alpha value is -2.10. The van der Waals surface area contributed by atoms with Crippen molar-refractivity contribution >= 4 is 62.7 Å². The fourth-order valence-electron chi connectivity index (χ4n) is 2.25. The van der Waals surface area contributed by atoms with Gasteiger partial charge in [-0.05, 0) is 25.5 Å². The maximum absolute atomic E-state index is 12.6. The Balaban J connectivity index is 1.60. The van der Waals surface area contributed by atoms with Gasteiger partial charge in [-0.3, -0.25) is 14.5 Å². The van der Waals surface area contributed by atoms with Crippen LogP contribution in [0.25, 0.3) is 6.08 Å². The molecule has 0 saturated carbocycles. The third-order valence-corrected chi connectivity index (χ3v) is 5.72. The second-order valence-corrected chi connectivity index (χ2v) is 8.53. The van der Waals surface area contributed by atoms with Crippen LogP contribution in [0.4, 0.5) is 5.13 Å². The molecule has 1 aromatic heterocycles. The van der Waals surface area contributed by atoms with E-state index in [1.807, 2.05) is 44.2 Å². The number of hydrogen-bond acceptors (Lipinski definition) is 7. The molecule has 0 aliphatic carbocycles. The highest BCUT2D eigenvalue weighted by atomic mass is 32.2. The summed E-state index contributed by atoms with van der Waals surface area (Å²) in [6.45, 7) is 4.06. The first kappa shape index (κ1) is 18.7. The van der Waals surface area contributed by atoms with Crippen molar-refractivity contribution in [1.82, 2.24) is 15.1 Å². The van der Waals surface area contributed by atoms with E-state index < -0.39 is 0 Å². The molecule has 9 heteroatoms. The Labute approximate surface area is 164 Å². The molecule has 1 N–H and O–H groups in total. The normalized spacial score (nSPS) is 15.8. The number of thioether (sulfide) groups is 1. The highest BCUT2D eigenvalue weighted by molar-refractivity contribution is 8.26. The van der Waals surface area contributed by atoms with E-state index in [9.17, 15) is 9.59 Å². The molecule has 2 amide bonds. The van der Waals surface area contributed by atoms with Gasteiger partial charge in [0.05, 0.1) is 4.91 Å². The van der Waals surface area contributed by atoms with Crippen molar-refractivity contribution in [3.05, 3.63) is 45.3 Å². The zero-order valence-corrected chi connectivity index (χ0v) is 16.6. The highest BCUT2D eigenvalue weighted by Crippen LogP contribution is 2.32. The molecule has 0 radical (unpaired) electrons. The summed E-state index contributed by atoms with van der Waals surface area (Å²) in [7, 11) is 0. The minimum absolute atomic E-state index is 0.142. The summed E-state index contributed by atoms with van der Waals surface area (Å²) in [6, 6.07) is 7.90. The summed E-state index contributed by atoms with van der Waals surface area (Å²) < 4.78 is 0.466. The van der Waals surface area contributed by atoms with Crippen molar-refractivity contribution in [2.45, 2.75) is 20.3 Å². The van der Waals surface area contributed by atoms with Crippen LogP contribution in [0.15, 0.2) is 29.2 Å². The van der Waals surface area contributed by atoms with Crippen molar-refractivity contribution < 1.29 is 9.59 Å². The molecular weight excluding hydrogens is 388 g/mol. The molecule has 0 bridgehead atoms. The fraction of sp³-hybridized carbons (Fsp3) is 0.235. The molecule has 26 heavy (non-hydrogen) atoms. The predicted molar refractivity (Wildman–Crippen MR) is 109 cm³/mol. The van der Waals surface area contributed by atoms with Crippen LogP contribution in [0.1, 0.15) is 22.6 Å². The lowest BCUT2D eigenvalue weighted by atomic mass is 10.1. The fourth-order valence-corrected chi connectivity index (χ4v) is 4.17. The molecule has 1 fully saturated rings. The van der Waals surface area contributed by atoms with Gasteiger partial charge < -0.3 is 5.32 Å². The highest BCUT2D eigenvalue weighted by Gasteiger charge is 2.32. The van der Waals surface area contributed by atoms with Crippen molar-refractivity contribution in [3.63, 3.8) is 0 Å². The summed E-state index contributed by atoms with van der Waals surface area (Å²) >= 11 is 7.85. The number of nitrogens with one attached hydrogen (secondary N) is 1. The minimum atomic E-state index is -0.224. The molecule has 134 valence electrons. The molecule has 1 saturated heterocycles. The lowest BCUT2D eigenvalue weighted by Gasteiger charge is -2.13. The van der Waals surface area contributed by atoms with E-state index in [0.717, 1.165) is 16.1 Å². The molecule has 2 aromatic rings. The largest absolute Gasteiger partial charge is 0.300 e. The Morgan fingerprint density at radius 2 is 2.00 bits per heavy atom. The van der Waals surface area contributed by atoms with E-state index in [-0.39, 0.29) is 24.8 Å². The number of anilines is 1. The monoisotopic (exact) mass is 404 g/mol. The van der Waals surface area contributed by atoms with Crippen molar-refractivity contribution in [2.75, 3.05) is 11.9 Å². The van der Waals surface area contributed by atoms with Gasteiger partial charge in [0.15, 0.2) is 0 Å². The number of rotatable bonds is 5. The SMILES string of the molecule is Cc1ccc(/C=C2/SC(=S)N(CCC(=O)Nc3nnc(C)s3)C2=O)cc1. The van der Waals surface area contributed by atoms with Crippen LogP contribution < -0.4 is 5.32 Å². The number of carbonyl (C=O) groups excluding carboxylic acids is 2. The number of hydrogen-bond donors (Lipinski definition) is 1. The summed E-state index contributed by atoms with van der Waals surface area (Å²) in [5.74, 6) is -0.391. The van der Waals surface area contributed by atoms with E-state index in [4.69, 9.17) is 12.2 Å². The van der Waals surface area contributed by atoms with Crippen molar-refractivity contribution in [1.29, 1.82) is 0 Å². The molecule has 6 nitrogen and oxygen atoms in total. The van der Waals surface area contributed by atoms with E-state index in [1.54, 1.807) is 0 Å². The van der Waals surface area contributed by atoms with E-state index in [1.165, 1.54) is 28.0 Å². The lowest BCUT2D eigenvalue weighted by molar-refractivity contribution is -0.122. The van der Waals surface area contributed by atoms with Gasteiger partial charge in [-0.2, -0.15) is 0 Å². The second-order valence-electron chi connectivity index (χ2n) is 5.67. The Bertz CT molecular complexity index is 890. The van der Waals surface area contributed by atoms with Crippen LogP contribution in [0.2, 0.25) is 0 Å². The number of thiocarbonyl (C=S) groups is 1. The van der Waals surface area contributed by atoms with Crippen LogP contribution >= 0.6 is 35.3 Å². The first-order valence-corrected chi connectivity index (χ1v) is 9.88. The average molecular weight is 405 g/mol. The molecular formula is C17H16N4O2S3. The number of aromatic nitrogens is 2. The molecule has 1 aliphatic rings. The number of aryl methyl sites for hydroxylation is 2. The van der Waals surface area contributed by atoms with Gasteiger partial charge in [0.1, 0.15) is 9.33 Å². The maximum Gasteiger partial charge on any atom is 0.266 e. The summed E-state index contributed by atoms with van der Waals surface area (Å²) in [4.78, 5) is 26.6. The minimum Gasteiger partial charge on any atom is -0.300 e. The first-order valence-electron chi connectivity index (χ1n) is 7.84. The van der Waals surface area contributed by atoms with Crippen molar-refractivity contribution in [2.24, 2.45) is 0 Å². The molecule has 1 aliphatic heterocycles. The van der Waals surface area contributed by atoms with Crippen molar-refractivity contribution in [3.8, 4) is 0 Å². The standard InChI is InChI=1S/C17H16N4O2S3/c1-10-3-5-12(6-4-10)9-13-15(23)21(17(24)26-13)8-7-14(22)18-16-20-19-11(2)25-16/h3-6,9H,7-8H2,1-2H3,(H,18,20,22)/b13-9+. The zero-order chi connectivity index (χ0) is 18.7. The van der Waals surface area contributed by atoms with Crippen LogP contribution in [-0.2, 0) is 9.59 Å². The first-order chi connectivity index (χ1) is 12.4. The number of carbonyl (C=O) groups is 2. The van der Waals surface area contributed by atoms with Crippen LogP contribution in [0, 0.1) is 13.8 Å². The van der Waals surface area contributed by atoms with Gasteiger partial charge in [-0.25, -0.2) is 0 Å². The number of amides is 2. The van der Waals surface area contributed by atoms with Crippen LogP contribution in [0.5, 0.6) is 0 Å². The smallest absolute Gasteiger partial charge is 0.266 e. The van der Waals surface area contributed by atoms with E-state index in [0.29, 0.717) is 14.4 Å². The molecule has 2 heterocycles. The average Bonchev–Trinajstić information content (AvgIpc) is 3.11. The molecule has 3 rings (SSSR count). The third kappa shape index (κ3) is 4.54. The van der Waals surface area contributed by atoms with E-state index in [2.05, 4.69) is 15.5 Å². The van der Waals surface area contributed by atoms with E-state index >= 15 is 0 Å². The van der Waals surface area contributed by atoms with Gasteiger partial charge >= 0.3 is 0 Å². The third-order valence-electron chi connectivity index (χ3n) is 3.58.